The average Bonchev–Trinajstić information content (AvgIpc) is 3.36. The number of benzene rings is 1. The Kier molecular flexibility index (Phi) is 5.11. The minimum absolute atomic E-state index is 0.0407. The fraction of sp³-hybridized carbons (Fsp3) is 0.250. The van der Waals surface area contributed by atoms with E-state index in [9.17, 15) is 9.00 Å². The molecule has 2 unspecified atom stereocenters. The van der Waals surface area contributed by atoms with Crippen LogP contribution in [0.25, 0.3) is 22.3 Å². The quantitative estimate of drug-likeness (QED) is 0.485. The minimum Gasteiger partial charge on any atom is -0.377 e. The summed E-state index contributed by atoms with van der Waals surface area (Å²) in [6.45, 7) is 1.80. The molecule has 2 aliphatic heterocycles. The third-order valence-corrected chi connectivity index (χ3v) is 7.24. The van der Waals surface area contributed by atoms with Gasteiger partial charge in [-0.3, -0.25) is 14.0 Å². The second-order valence-corrected chi connectivity index (χ2v) is 9.71. The van der Waals surface area contributed by atoms with Crippen molar-refractivity contribution in [2.45, 2.75) is 17.5 Å². The number of H-pyrrole nitrogens is 1. The minimum atomic E-state index is -1.05. The van der Waals surface area contributed by atoms with Crippen LogP contribution in [-0.2, 0) is 26.9 Å². The first-order valence-electron chi connectivity index (χ1n) is 11.0. The highest BCUT2D eigenvalue weighted by Gasteiger charge is 2.41. The molecule has 34 heavy (non-hydrogen) atoms. The molecule has 1 amide bonds. The maximum atomic E-state index is 13.5. The Labute approximate surface area is 198 Å². The number of fused-ring (bicyclic) bond motifs is 4. The molecule has 1 saturated heterocycles. The number of aromatic nitrogens is 4. The largest absolute Gasteiger partial charge is 0.377 e. The molecule has 1 aromatic carbocycles. The standard InChI is InChI=1S/C24H22N6O3S/c1-34(32)16-4-2-15(3-5-16)13-30-20-12-27-22(18-10-25-11-19-17(18)6-7-26-19)28-23(20)29-8-9-33-14-21(29)24(30)31/h2-7,10-12,21,26H,8-9,13-14H2,1H3. The fourth-order valence-electron chi connectivity index (χ4n) is 4.55. The lowest BCUT2D eigenvalue weighted by molar-refractivity contribution is -0.122. The van der Waals surface area contributed by atoms with E-state index < -0.39 is 16.8 Å². The number of anilines is 2. The number of nitrogens with one attached hydrogen (secondary N) is 1. The number of hydrogen-bond acceptors (Lipinski definition) is 7. The molecule has 5 heterocycles. The summed E-state index contributed by atoms with van der Waals surface area (Å²) in [5.41, 5.74) is 3.35. The number of nitrogens with zero attached hydrogens (tertiary/aromatic N) is 5. The van der Waals surface area contributed by atoms with Crippen molar-refractivity contribution in [2.75, 3.05) is 35.8 Å². The van der Waals surface area contributed by atoms with Crippen LogP contribution < -0.4 is 9.80 Å². The van der Waals surface area contributed by atoms with Gasteiger partial charge in [0.1, 0.15) is 11.7 Å². The van der Waals surface area contributed by atoms with Gasteiger partial charge in [0.2, 0.25) is 0 Å². The van der Waals surface area contributed by atoms with Crippen molar-refractivity contribution in [3.63, 3.8) is 0 Å². The van der Waals surface area contributed by atoms with Crippen molar-refractivity contribution in [3.05, 3.63) is 60.7 Å². The van der Waals surface area contributed by atoms with E-state index in [4.69, 9.17) is 9.72 Å². The molecular weight excluding hydrogens is 452 g/mol. The summed E-state index contributed by atoms with van der Waals surface area (Å²) >= 11 is 0. The van der Waals surface area contributed by atoms with Gasteiger partial charge < -0.3 is 19.5 Å². The van der Waals surface area contributed by atoms with Crippen LogP contribution in [0.15, 0.2) is 60.0 Å². The van der Waals surface area contributed by atoms with E-state index in [1.54, 1.807) is 29.7 Å². The van der Waals surface area contributed by atoms with Crippen LogP contribution in [0.2, 0.25) is 0 Å². The van der Waals surface area contributed by atoms with Crippen LogP contribution in [-0.4, -0.2) is 62.1 Å². The topological polar surface area (TPSA) is 104 Å². The third-order valence-electron chi connectivity index (χ3n) is 6.31. The zero-order valence-electron chi connectivity index (χ0n) is 18.5. The number of ether oxygens (including phenoxy) is 1. The van der Waals surface area contributed by atoms with E-state index >= 15 is 0 Å². The summed E-state index contributed by atoms with van der Waals surface area (Å²) in [4.78, 5) is 35.0. The maximum Gasteiger partial charge on any atom is 0.252 e. The van der Waals surface area contributed by atoms with E-state index in [1.165, 1.54) is 0 Å². The normalized spacial score (nSPS) is 18.6. The van der Waals surface area contributed by atoms with Crippen molar-refractivity contribution in [1.82, 2.24) is 19.9 Å². The van der Waals surface area contributed by atoms with E-state index in [1.807, 2.05) is 41.4 Å². The molecule has 4 aromatic rings. The van der Waals surface area contributed by atoms with Crippen molar-refractivity contribution < 1.29 is 13.7 Å². The first kappa shape index (κ1) is 20.9. The monoisotopic (exact) mass is 474 g/mol. The van der Waals surface area contributed by atoms with E-state index in [0.717, 1.165) is 32.7 Å². The van der Waals surface area contributed by atoms with Crippen LogP contribution in [0.3, 0.4) is 0 Å². The lowest BCUT2D eigenvalue weighted by Gasteiger charge is -2.43. The molecule has 0 bridgehead atoms. The van der Waals surface area contributed by atoms with E-state index in [-0.39, 0.29) is 5.91 Å². The summed E-state index contributed by atoms with van der Waals surface area (Å²) < 4.78 is 17.4. The first-order chi connectivity index (χ1) is 16.6. The number of amides is 1. The Bertz CT molecular complexity index is 1420. The summed E-state index contributed by atoms with van der Waals surface area (Å²) in [5.74, 6) is 1.24. The predicted molar refractivity (Wildman–Crippen MR) is 129 cm³/mol. The molecular formula is C24H22N6O3S. The average molecular weight is 475 g/mol. The van der Waals surface area contributed by atoms with E-state index in [0.29, 0.717) is 37.8 Å². The number of rotatable bonds is 4. The Morgan fingerprint density at radius 3 is 2.85 bits per heavy atom. The Hall–Kier alpha value is -3.63. The van der Waals surface area contributed by atoms with E-state index in [2.05, 4.69) is 15.0 Å². The maximum absolute atomic E-state index is 13.5. The van der Waals surface area contributed by atoms with Crippen molar-refractivity contribution in [2.24, 2.45) is 0 Å². The molecule has 0 spiro atoms. The SMILES string of the molecule is CS(=O)c1ccc(CN2C(=O)C3COCCN3c3nc(-c4cncc5[nH]ccc45)ncc32)cc1. The van der Waals surface area contributed by atoms with Gasteiger partial charge in [0.25, 0.3) is 5.91 Å². The molecule has 3 aromatic heterocycles. The number of carbonyl (C=O) groups excluding carboxylic acids is 1. The molecule has 1 N–H and O–H groups in total. The van der Waals surface area contributed by atoms with Gasteiger partial charge in [-0.25, -0.2) is 9.97 Å². The van der Waals surface area contributed by atoms with Gasteiger partial charge in [0.15, 0.2) is 11.6 Å². The number of carbonyl (C=O) groups is 1. The van der Waals surface area contributed by atoms with Gasteiger partial charge in [0.05, 0.1) is 37.7 Å². The number of aromatic amines is 1. The first-order valence-corrected chi connectivity index (χ1v) is 12.5. The van der Waals surface area contributed by atoms with Gasteiger partial charge in [0, 0.05) is 51.8 Å². The van der Waals surface area contributed by atoms with Crippen molar-refractivity contribution in [1.29, 1.82) is 0 Å². The molecule has 172 valence electrons. The van der Waals surface area contributed by atoms with Crippen molar-refractivity contribution in [3.8, 4) is 11.4 Å². The van der Waals surface area contributed by atoms with Crippen molar-refractivity contribution >= 4 is 39.1 Å². The number of pyridine rings is 1. The highest BCUT2D eigenvalue weighted by molar-refractivity contribution is 7.84. The van der Waals surface area contributed by atoms with Crippen LogP contribution in [0.1, 0.15) is 5.56 Å². The number of hydrogen-bond donors (Lipinski definition) is 1. The molecule has 0 radical (unpaired) electrons. The highest BCUT2D eigenvalue weighted by Crippen LogP contribution is 2.38. The second-order valence-electron chi connectivity index (χ2n) is 8.33. The molecule has 9 nitrogen and oxygen atoms in total. The predicted octanol–water partition coefficient (Wildman–Crippen LogP) is 2.51. The molecule has 2 atom stereocenters. The lowest BCUT2D eigenvalue weighted by Crippen LogP contribution is -2.58. The Morgan fingerprint density at radius 2 is 2.03 bits per heavy atom. The van der Waals surface area contributed by atoms with Gasteiger partial charge in [-0.1, -0.05) is 12.1 Å². The van der Waals surface area contributed by atoms with Gasteiger partial charge >= 0.3 is 0 Å². The Morgan fingerprint density at radius 1 is 1.18 bits per heavy atom. The Balaban J connectivity index is 1.43. The van der Waals surface area contributed by atoms with Crippen LogP contribution in [0, 0.1) is 0 Å². The zero-order chi connectivity index (χ0) is 23.2. The van der Waals surface area contributed by atoms with Crippen LogP contribution in [0.4, 0.5) is 11.5 Å². The lowest BCUT2D eigenvalue weighted by atomic mass is 10.1. The van der Waals surface area contributed by atoms with Gasteiger partial charge in [-0.2, -0.15) is 0 Å². The van der Waals surface area contributed by atoms with Crippen LogP contribution >= 0.6 is 0 Å². The third kappa shape index (κ3) is 3.46. The summed E-state index contributed by atoms with van der Waals surface area (Å²) in [7, 11) is -1.05. The zero-order valence-corrected chi connectivity index (χ0v) is 19.3. The second kappa shape index (κ2) is 8.30. The van der Waals surface area contributed by atoms with Crippen LogP contribution in [0.5, 0.6) is 0 Å². The van der Waals surface area contributed by atoms with Gasteiger partial charge in [-0.05, 0) is 23.8 Å². The summed E-state index contributed by atoms with van der Waals surface area (Å²) in [6.07, 6.45) is 8.78. The number of morpholine rings is 1. The molecule has 1 fully saturated rings. The summed E-state index contributed by atoms with van der Waals surface area (Å²) in [6, 6.07) is 9.02. The molecule has 0 aliphatic carbocycles. The smallest absolute Gasteiger partial charge is 0.252 e. The highest BCUT2D eigenvalue weighted by atomic mass is 32.2. The molecule has 2 aliphatic rings. The fourth-order valence-corrected chi connectivity index (χ4v) is 5.07. The molecule has 10 heteroatoms. The molecule has 6 rings (SSSR count). The summed E-state index contributed by atoms with van der Waals surface area (Å²) in [5, 5.41) is 0.991. The molecule has 0 saturated carbocycles. The van der Waals surface area contributed by atoms with Gasteiger partial charge in [-0.15, -0.1) is 0 Å².